The standard InChI is InChI=1S/C44H84NO8P.C37H71O8P.Na/c1-6-8-10-12-14-16-18-20-22-24-26-28-30-32-34-36-43(46)50-40-42(41-52-54(48,49)51-39-38-45(3,4)5)53-44(47)37-35-33-31-29-27-25-23-21-19-17-15-13-11-9-7-2;1-3-5-7-9-11-13-15-17-18-20-22-24-26-28-30-32-37(39)45-35(34-44-46(40,41)42)33-43-36(38)31-29-27-25-23-21-19-16-14-12-10-8-6-4-2;/h20-23,42H,6-19,24-41H2,1-5H3;17-18,35H,3-16,19-34H2,1-2H3,(H2,40,41,42);/q;;+1/p-1/b22-20-,23-21-;18-17-;/t42-;35-;/m11./s1. The second-order valence-electron chi connectivity index (χ2n) is 28.9. The third kappa shape index (κ3) is 87.1. The Labute approximate surface area is 641 Å². The zero-order valence-electron chi connectivity index (χ0n) is 66.4. The number of hydrogen-bond acceptors (Lipinski definition) is 15. The maximum atomic E-state index is 12.7. The molecule has 0 fully saturated rings. The van der Waals surface area contributed by atoms with E-state index in [0.717, 1.165) is 122 Å². The molecule has 2 unspecified atom stereocenters. The third-order valence-electron chi connectivity index (χ3n) is 17.7. The van der Waals surface area contributed by atoms with E-state index in [-0.39, 0.29) is 75.1 Å². The summed E-state index contributed by atoms with van der Waals surface area (Å²) in [5.74, 6) is -1.77. The first-order chi connectivity index (χ1) is 48.3. The summed E-state index contributed by atoms with van der Waals surface area (Å²) in [5.41, 5.74) is 0. The normalized spacial score (nSPS) is 13.6. The van der Waals surface area contributed by atoms with Crippen molar-refractivity contribution in [3.63, 3.8) is 0 Å². The van der Waals surface area contributed by atoms with Gasteiger partial charge in [-0.1, -0.05) is 295 Å². The number of nitrogens with zero attached hydrogens (tertiary/aromatic N) is 1. The summed E-state index contributed by atoms with van der Waals surface area (Å²) in [5, 5.41) is 0. The molecule has 4 atom stereocenters. The molecule has 0 amide bonds. The van der Waals surface area contributed by atoms with E-state index < -0.39 is 64.9 Å². The number of rotatable bonds is 75. The van der Waals surface area contributed by atoms with Gasteiger partial charge >= 0.3 is 53.4 Å². The Morgan fingerprint density at radius 2 is 0.564 bits per heavy atom. The van der Waals surface area contributed by atoms with Crippen molar-refractivity contribution in [2.45, 2.75) is 399 Å². The quantitative estimate of drug-likeness (QED) is 0.0113. The summed E-state index contributed by atoms with van der Waals surface area (Å²) >= 11 is 0. The molecule has 17 nitrogen and oxygen atoms in total. The van der Waals surface area contributed by atoms with E-state index in [0.29, 0.717) is 23.9 Å². The number of likely N-dealkylation sites (N-methyl/N-ethyl adjacent to an activating group) is 1. The van der Waals surface area contributed by atoms with Crippen LogP contribution in [-0.2, 0) is 60.8 Å². The average Bonchev–Trinajstić information content (AvgIpc) is 0.932. The number of unbranched alkanes of at least 4 members (excludes halogenated alkanes) is 45. The number of esters is 4. The van der Waals surface area contributed by atoms with Crippen molar-refractivity contribution in [3.8, 4) is 0 Å². The summed E-state index contributed by atoms with van der Waals surface area (Å²) in [7, 11) is -3.84. The van der Waals surface area contributed by atoms with Crippen molar-refractivity contribution in [3.05, 3.63) is 36.5 Å². The third-order valence-corrected chi connectivity index (χ3v) is 19.2. The minimum absolute atomic E-state index is 0. The Morgan fingerprint density at radius 3 is 0.812 bits per heavy atom. The summed E-state index contributed by atoms with van der Waals surface area (Å²) < 4.78 is 59.9. The van der Waals surface area contributed by atoms with Gasteiger partial charge in [-0.05, 0) is 103 Å². The van der Waals surface area contributed by atoms with Crippen LogP contribution in [0.5, 0.6) is 0 Å². The molecule has 1 N–H and O–H groups in total. The van der Waals surface area contributed by atoms with E-state index in [1.807, 2.05) is 21.1 Å². The van der Waals surface area contributed by atoms with Crippen LogP contribution in [0, 0.1) is 0 Å². The van der Waals surface area contributed by atoms with E-state index in [2.05, 4.69) is 68.7 Å². The van der Waals surface area contributed by atoms with Crippen molar-refractivity contribution in [2.24, 2.45) is 0 Å². The van der Waals surface area contributed by atoms with E-state index in [9.17, 15) is 38.1 Å². The fourth-order valence-electron chi connectivity index (χ4n) is 11.4. The number of hydrogen-bond donors (Lipinski definition) is 1. The first kappa shape index (κ1) is 103. The Morgan fingerprint density at radius 1 is 0.337 bits per heavy atom. The molecule has 0 aliphatic carbocycles. The van der Waals surface area contributed by atoms with Crippen LogP contribution in [0.3, 0.4) is 0 Å². The molecule has 0 saturated heterocycles. The van der Waals surface area contributed by atoms with Crippen LogP contribution in [0.25, 0.3) is 0 Å². The van der Waals surface area contributed by atoms with Gasteiger partial charge in [0, 0.05) is 25.7 Å². The first-order valence-electron chi connectivity index (χ1n) is 41.0. The molecular weight excluding hydrogens is 1330 g/mol. The number of phosphoric acid groups is 2. The summed E-state index contributed by atoms with van der Waals surface area (Å²) in [6.07, 6.45) is 73.9. The molecule has 0 bridgehead atoms. The van der Waals surface area contributed by atoms with Gasteiger partial charge in [0.2, 0.25) is 0 Å². The van der Waals surface area contributed by atoms with Crippen LogP contribution in [0.4, 0.5) is 0 Å². The minimum atomic E-state index is -4.99. The fraction of sp³-hybridized carbons (Fsp3) is 0.877. The zero-order valence-corrected chi connectivity index (χ0v) is 70.2. The number of allylic oxidation sites excluding steroid dienone is 6. The Kier molecular flexibility index (Phi) is 79.8. The van der Waals surface area contributed by atoms with Crippen molar-refractivity contribution in [1.82, 2.24) is 0 Å². The van der Waals surface area contributed by atoms with Gasteiger partial charge in [-0.3, -0.25) is 28.3 Å². The van der Waals surface area contributed by atoms with E-state index >= 15 is 0 Å². The average molecular weight is 1480 g/mol. The van der Waals surface area contributed by atoms with Crippen LogP contribution < -0.4 is 39.3 Å². The van der Waals surface area contributed by atoms with E-state index in [1.54, 1.807) is 0 Å². The summed E-state index contributed by atoms with van der Waals surface area (Å²) in [4.78, 5) is 82.0. The molecule has 0 aliphatic rings. The molecule has 0 heterocycles. The minimum Gasteiger partial charge on any atom is -0.756 e. The van der Waals surface area contributed by atoms with Crippen LogP contribution >= 0.6 is 15.6 Å². The molecule has 0 rings (SSSR count). The van der Waals surface area contributed by atoms with Gasteiger partial charge in [-0.25, -0.2) is 0 Å². The van der Waals surface area contributed by atoms with Crippen molar-refractivity contribution < 1.29 is 110 Å². The molecule has 20 heteroatoms. The molecule has 0 aliphatic heterocycles. The molecule has 0 aromatic rings. The van der Waals surface area contributed by atoms with E-state index in [1.165, 1.54) is 199 Å². The number of carbonyl (C=O) groups excluding carboxylic acids is 4. The van der Waals surface area contributed by atoms with Crippen molar-refractivity contribution in [1.29, 1.82) is 0 Å². The molecule has 0 aromatic heterocycles. The molecule has 101 heavy (non-hydrogen) atoms. The molecule has 590 valence electrons. The maximum Gasteiger partial charge on any atom is 1.00 e. The predicted molar refractivity (Wildman–Crippen MR) is 409 cm³/mol. The van der Waals surface area contributed by atoms with Gasteiger partial charge < -0.3 is 51.7 Å². The summed E-state index contributed by atoms with van der Waals surface area (Å²) in [6, 6.07) is 0. The molecule has 0 aromatic carbocycles. The summed E-state index contributed by atoms with van der Waals surface area (Å²) in [6.45, 7) is 7.78. The number of quaternary nitrogens is 1. The fourth-order valence-corrected chi connectivity index (χ4v) is 12.4. The van der Waals surface area contributed by atoms with Crippen molar-refractivity contribution >= 4 is 39.5 Å². The Hall–Kier alpha value is -1.72. The molecular formula is C81H154NNaO16P2. The molecule has 0 radical (unpaired) electrons. The van der Waals surface area contributed by atoms with Gasteiger partial charge in [0.05, 0.1) is 34.4 Å². The van der Waals surface area contributed by atoms with Crippen molar-refractivity contribution in [2.75, 3.05) is 60.7 Å². The van der Waals surface area contributed by atoms with Gasteiger partial charge in [0.1, 0.15) is 26.4 Å². The van der Waals surface area contributed by atoms with Crippen LogP contribution in [0.2, 0.25) is 0 Å². The number of phosphoric ester groups is 2. The largest absolute Gasteiger partial charge is 1.00 e. The predicted octanol–water partition coefficient (Wildman–Crippen LogP) is 19.2. The second kappa shape index (κ2) is 77.9. The topological polar surface area (TPSA) is 233 Å². The second-order valence-corrected chi connectivity index (χ2v) is 31.5. The first-order valence-corrected chi connectivity index (χ1v) is 44.0. The number of ether oxygens (including phenoxy) is 4. The zero-order chi connectivity index (χ0) is 74.0. The Bertz CT molecular complexity index is 2030. The van der Waals surface area contributed by atoms with Gasteiger partial charge in [-0.15, -0.1) is 0 Å². The van der Waals surface area contributed by atoms with Crippen LogP contribution in [-0.4, -0.2) is 106 Å². The molecule has 0 saturated carbocycles. The van der Waals surface area contributed by atoms with Crippen LogP contribution in [0.1, 0.15) is 387 Å². The van der Waals surface area contributed by atoms with Crippen LogP contribution in [0.15, 0.2) is 36.5 Å². The van der Waals surface area contributed by atoms with Gasteiger partial charge in [0.15, 0.2) is 12.2 Å². The smallest absolute Gasteiger partial charge is 0.756 e. The maximum absolute atomic E-state index is 12.7. The number of carbonyl (C=O) groups is 4. The Balaban J connectivity index is -0.00000191. The molecule has 0 spiro atoms. The van der Waals surface area contributed by atoms with Gasteiger partial charge in [-0.2, -0.15) is 0 Å². The van der Waals surface area contributed by atoms with E-state index in [4.69, 9.17) is 32.9 Å². The van der Waals surface area contributed by atoms with Gasteiger partial charge in [0.25, 0.3) is 15.6 Å². The monoisotopic (exact) mass is 1480 g/mol. The SMILES string of the molecule is CCCCCCCC/C=C\CCCCCCCC(=O)OC[C@H](COP(=O)([O-])OCC[N+](C)(C)C)OC(=O)CCCCCCC/C=C\CCCCCCCC.CCCCCCCC/C=C\CCCCCCCC(=O)O[C@H](COC(=O)CCCCCCCCCCCCCCC)COP(=O)([O-])O.[Na+].